The van der Waals surface area contributed by atoms with Gasteiger partial charge in [0, 0.05) is 13.5 Å². The lowest BCUT2D eigenvalue weighted by Gasteiger charge is -2.26. The van der Waals surface area contributed by atoms with Gasteiger partial charge in [-0.05, 0) is 62.2 Å². The molecule has 0 radical (unpaired) electrons. The summed E-state index contributed by atoms with van der Waals surface area (Å²) in [5.41, 5.74) is 1.37. The Hall–Kier alpha value is -2.66. The van der Waals surface area contributed by atoms with Gasteiger partial charge in [-0.15, -0.1) is 0 Å². The molecule has 0 amide bonds. The summed E-state index contributed by atoms with van der Waals surface area (Å²) in [6, 6.07) is 14.2. The number of hydrogen-bond acceptors (Lipinski definition) is 5. The van der Waals surface area contributed by atoms with Crippen LogP contribution < -0.4 is 9.47 Å². The van der Waals surface area contributed by atoms with Crippen molar-refractivity contribution in [3.8, 4) is 11.5 Å². The van der Waals surface area contributed by atoms with E-state index >= 15 is 0 Å². The van der Waals surface area contributed by atoms with Gasteiger partial charge in [-0.25, -0.2) is 4.79 Å². The molecule has 5 heteroatoms. The quantitative estimate of drug-likeness (QED) is 0.495. The molecule has 0 aromatic heterocycles. The van der Waals surface area contributed by atoms with E-state index in [2.05, 4.69) is 38.9 Å². The highest BCUT2D eigenvalue weighted by atomic mass is 16.5. The second kappa shape index (κ2) is 10.0. The number of hydrogen-bond donors (Lipinski definition) is 0. The third-order valence-corrected chi connectivity index (χ3v) is 4.64. The van der Waals surface area contributed by atoms with Gasteiger partial charge in [0.1, 0.15) is 17.1 Å². The maximum Gasteiger partial charge on any atom is 0.347 e. The van der Waals surface area contributed by atoms with E-state index in [4.69, 9.17) is 9.47 Å². The number of ether oxygens (including phenoxy) is 2. The number of para-hydroxylation sites is 1. The van der Waals surface area contributed by atoms with Crippen molar-refractivity contribution in [2.24, 2.45) is 5.92 Å². The van der Waals surface area contributed by atoms with E-state index in [9.17, 15) is 9.59 Å². The molecule has 2 aromatic rings. The van der Waals surface area contributed by atoms with Gasteiger partial charge < -0.3 is 14.4 Å². The van der Waals surface area contributed by atoms with Gasteiger partial charge in [0.25, 0.3) is 0 Å². The van der Waals surface area contributed by atoms with Crippen LogP contribution in [0.3, 0.4) is 0 Å². The lowest BCUT2D eigenvalue weighted by molar-refractivity contribution is -0.131. The molecule has 2 aromatic carbocycles. The number of benzene rings is 2. The molecule has 2 unspecified atom stereocenters. The van der Waals surface area contributed by atoms with E-state index in [0.717, 1.165) is 18.5 Å². The second-order valence-corrected chi connectivity index (χ2v) is 7.31. The Balaban J connectivity index is 2.21. The van der Waals surface area contributed by atoms with Crippen LogP contribution in [0.4, 0.5) is 0 Å². The van der Waals surface area contributed by atoms with Crippen molar-refractivity contribution < 1.29 is 19.1 Å². The summed E-state index contributed by atoms with van der Waals surface area (Å²) in [7, 11) is 4.14. The number of esters is 2. The molecule has 0 aliphatic heterocycles. The molecule has 0 aliphatic carbocycles. The predicted octanol–water partition coefficient (Wildman–Crippen LogP) is 4.52. The molecule has 2 rings (SSSR count). The molecule has 5 nitrogen and oxygen atoms in total. The lowest BCUT2D eigenvalue weighted by Crippen LogP contribution is -2.24. The van der Waals surface area contributed by atoms with Crippen molar-refractivity contribution >= 4 is 11.9 Å². The molecule has 0 saturated heterocycles. The monoisotopic (exact) mass is 383 g/mol. The fraction of sp³-hybridized carbons (Fsp3) is 0.391. The van der Waals surface area contributed by atoms with Crippen molar-refractivity contribution in [2.45, 2.75) is 33.1 Å². The van der Waals surface area contributed by atoms with Crippen LogP contribution in [0.2, 0.25) is 0 Å². The first-order valence-corrected chi connectivity index (χ1v) is 9.56. The molecule has 0 saturated carbocycles. The highest BCUT2D eigenvalue weighted by Gasteiger charge is 2.20. The average molecular weight is 383 g/mol. The Morgan fingerprint density at radius 1 is 1.04 bits per heavy atom. The van der Waals surface area contributed by atoms with Crippen LogP contribution >= 0.6 is 0 Å². The summed E-state index contributed by atoms with van der Waals surface area (Å²) in [5.74, 6) is 0.481. The zero-order valence-corrected chi connectivity index (χ0v) is 17.3. The van der Waals surface area contributed by atoms with Gasteiger partial charge in [-0.1, -0.05) is 38.1 Å². The molecule has 0 heterocycles. The minimum atomic E-state index is -0.552. The minimum absolute atomic E-state index is 0.196. The van der Waals surface area contributed by atoms with Crippen molar-refractivity contribution in [2.75, 3.05) is 20.6 Å². The minimum Gasteiger partial charge on any atom is -0.426 e. The Morgan fingerprint density at radius 2 is 1.75 bits per heavy atom. The zero-order chi connectivity index (χ0) is 20.7. The molecule has 0 spiro atoms. The molecular formula is C23H29NO4. The smallest absolute Gasteiger partial charge is 0.347 e. The van der Waals surface area contributed by atoms with Gasteiger partial charge >= 0.3 is 11.9 Å². The zero-order valence-electron chi connectivity index (χ0n) is 17.3. The van der Waals surface area contributed by atoms with Crippen LogP contribution in [-0.4, -0.2) is 37.5 Å². The Kier molecular flexibility index (Phi) is 7.76. The third kappa shape index (κ3) is 5.92. The molecule has 150 valence electrons. The van der Waals surface area contributed by atoms with Gasteiger partial charge in [0.05, 0.1) is 0 Å². The molecular weight excluding hydrogens is 354 g/mol. The average Bonchev–Trinajstić information content (AvgIpc) is 2.62. The van der Waals surface area contributed by atoms with Crippen LogP contribution in [0.1, 0.15) is 49.0 Å². The number of carbonyl (C=O) groups excluding carboxylic acids is 2. The number of nitrogens with zero attached hydrogens (tertiary/aromatic N) is 1. The van der Waals surface area contributed by atoms with Crippen LogP contribution in [0.15, 0.2) is 48.5 Å². The SMILES string of the molecule is CCC(c1cccc(OC(=O)c2ccccc2OC(C)=O)c1)C(C)CN(C)C. The van der Waals surface area contributed by atoms with Crippen LogP contribution in [0, 0.1) is 5.92 Å². The Bertz CT molecular complexity index is 816. The fourth-order valence-electron chi connectivity index (χ4n) is 3.52. The first kappa shape index (κ1) is 21.6. The van der Waals surface area contributed by atoms with E-state index in [1.54, 1.807) is 30.3 Å². The van der Waals surface area contributed by atoms with E-state index < -0.39 is 11.9 Å². The predicted molar refractivity (Wildman–Crippen MR) is 110 cm³/mol. The van der Waals surface area contributed by atoms with E-state index in [-0.39, 0.29) is 11.3 Å². The summed E-state index contributed by atoms with van der Waals surface area (Å²) in [5, 5.41) is 0. The first-order chi connectivity index (χ1) is 13.3. The molecule has 0 aliphatic rings. The maximum absolute atomic E-state index is 12.6. The first-order valence-electron chi connectivity index (χ1n) is 9.56. The van der Waals surface area contributed by atoms with Gasteiger partial charge in [0.15, 0.2) is 0 Å². The van der Waals surface area contributed by atoms with Gasteiger partial charge in [0.2, 0.25) is 0 Å². The molecule has 28 heavy (non-hydrogen) atoms. The van der Waals surface area contributed by atoms with Gasteiger partial charge in [-0.2, -0.15) is 0 Å². The molecule has 0 bridgehead atoms. The van der Waals surface area contributed by atoms with Gasteiger partial charge in [-0.3, -0.25) is 4.79 Å². The normalized spacial score (nSPS) is 13.1. The summed E-state index contributed by atoms with van der Waals surface area (Å²) in [6.45, 7) is 6.69. The third-order valence-electron chi connectivity index (χ3n) is 4.64. The van der Waals surface area contributed by atoms with E-state index in [0.29, 0.717) is 17.6 Å². The van der Waals surface area contributed by atoms with Crippen LogP contribution in [0.25, 0.3) is 0 Å². The van der Waals surface area contributed by atoms with E-state index in [1.165, 1.54) is 6.92 Å². The maximum atomic E-state index is 12.6. The second-order valence-electron chi connectivity index (χ2n) is 7.31. The van der Waals surface area contributed by atoms with Crippen LogP contribution in [0.5, 0.6) is 11.5 Å². The van der Waals surface area contributed by atoms with Crippen molar-refractivity contribution in [3.63, 3.8) is 0 Å². The summed E-state index contributed by atoms with van der Waals surface area (Å²) in [4.78, 5) is 26.1. The topological polar surface area (TPSA) is 55.8 Å². The van der Waals surface area contributed by atoms with E-state index in [1.807, 2.05) is 12.1 Å². The largest absolute Gasteiger partial charge is 0.426 e. The highest BCUT2D eigenvalue weighted by Crippen LogP contribution is 2.31. The Labute approximate surface area is 167 Å². The number of carbonyl (C=O) groups is 2. The lowest BCUT2D eigenvalue weighted by atomic mass is 9.85. The molecule has 2 atom stereocenters. The van der Waals surface area contributed by atoms with Crippen molar-refractivity contribution in [3.05, 3.63) is 59.7 Å². The van der Waals surface area contributed by atoms with Crippen molar-refractivity contribution in [1.82, 2.24) is 4.90 Å². The number of rotatable bonds is 8. The standard InChI is InChI=1S/C23H29NO4/c1-6-20(16(2)15-24(4)5)18-10-9-11-19(14-18)28-23(26)21-12-7-8-13-22(21)27-17(3)25/h7-14,16,20H,6,15H2,1-5H3. The van der Waals surface area contributed by atoms with Crippen LogP contribution in [-0.2, 0) is 4.79 Å². The molecule has 0 N–H and O–H groups in total. The molecule has 0 fully saturated rings. The fourth-order valence-corrected chi connectivity index (χ4v) is 3.52. The van der Waals surface area contributed by atoms with Crippen molar-refractivity contribution in [1.29, 1.82) is 0 Å². The summed E-state index contributed by atoms with van der Waals surface area (Å²) < 4.78 is 10.7. The Morgan fingerprint density at radius 3 is 2.39 bits per heavy atom. The summed E-state index contributed by atoms with van der Waals surface area (Å²) >= 11 is 0. The summed E-state index contributed by atoms with van der Waals surface area (Å²) in [6.07, 6.45) is 1.00. The highest BCUT2D eigenvalue weighted by molar-refractivity contribution is 5.94.